The molecule has 15 heteroatoms. The summed E-state index contributed by atoms with van der Waals surface area (Å²) in [6.07, 6.45) is 9.43. The molecule has 0 radical (unpaired) electrons. The van der Waals surface area contributed by atoms with Crippen molar-refractivity contribution in [3.05, 3.63) is 124 Å². The third kappa shape index (κ3) is 15.6. The number of nitrogens with zero attached hydrogens (tertiary/aromatic N) is 2. The summed E-state index contributed by atoms with van der Waals surface area (Å²) in [5.74, 6) is 2.60. The van der Waals surface area contributed by atoms with Gasteiger partial charge < -0.3 is 35.5 Å². The Balaban J connectivity index is 0.000000228. The van der Waals surface area contributed by atoms with Crippen molar-refractivity contribution in [2.75, 3.05) is 53.8 Å². The van der Waals surface area contributed by atoms with Crippen molar-refractivity contribution in [2.24, 2.45) is 0 Å². The van der Waals surface area contributed by atoms with Crippen molar-refractivity contribution < 1.29 is 33.4 Å². The molecule has 2 aliphatic carbocycles. The van der Waals surface area contributed by atoms with Crippen molar-refractivity contribution in [1.29, 1.82) is 0 Å². The smallest absolute Gasteiger partial charge is 0.224 e. The van der Waals surface area contributed by atoms with Crippen LogP contribution in [0.2, 0.25) is 0 Å². The molecule has 0 unspecified atom stereocenters. The molecule has 2 heterocycles. The van der Waals surface area contributed by atoms with Gasteiger partial charge in [-0.05, 0) is 157 Å². The van der Waals surface area contributed by atoms with Crippen LogP contribution < -0.4 is 35.5 Å². The summed E-state index contributed by atoms with van der Waals surface area (Å²) in [6, 6.07) is 33.1. The van der Waals surface area contributed by atoms with Crippen LogP contribution in [0.1, 0.15) is 93.2 Å². The second-order valence-corrected chi connectivity index (χ2v) is 20.1. The molecular formula is C54H70N6O7S2. The fourth-order valence-corrected chi connectivity index (χ4v) is 11.4. The van der Waals surface area contributed by atoms with Crippen LogP contribution in [0.15, 0.2) is 114 Å². The van der Waals surface area contributed by atoms with E-state index < -0.39 is 0 Å². The molecule has 0 aliphatic heterocycles. The number of para-hydroxylation sites is 1. The Hall–Kier alpha value is -5.74. The zero-order chi connectivity index (χ0) is 49.1. The Morgan fingerprint density at radius 2 is 1.10 bits per heavy atom. The Morgan fingerprint density at radius 1 is 0.580 bits per heavy atom. The summed E-state index contributed by atoms with van der Waals surface area (Å²) < 4.78 is 16.5. The third-order valence-corrected chi connectivity index (χ3v) is 15.4. The van der Waals surface area contributed by atoms with E-state index in [1.807, 2.05) is 84.1 Å². The van der Waals surface area contributed by atoms with Crippen LogP contribution >= 0.6 is 22.7 Å². The number of hydrogen-bond acceptors (Lipinski definition) is 11. The number of amides is 4. The predicted molar refractivity (Wildman–Crippen MR) is 276 cm³/mol. The lowest BCUT2D eigenvalue weighted by Crippen LogP contribution is -2.48. The molecule has 0 saturated heterocycles. The van der Waals surface area contributed by atoms with Crippen LogP contribution in [0.5, 0.6) is 23.0 Å². The van der Waals surface area contributed by atoms with E-state index in [2.05, 4.69) is 94.3 Å². The van der Waals surface area contributed by atoms with Crippen LogP contribution in [-0.4, -0.2) is 94.0 Å². The first-order valence-electron chi connectivity index (χ1n) is 24.1. The van der Waals surface area contributed by atoms with Gasteiger partial charge in [0.1, 0.15) is 29.6 Å². The number of methoxy groups -OCH3 is 1. The highest BCUT2D eigenvalue weighted by Gasteiger charge is 2.41. The number of ether oxygens (including phenoxy) is 3. The van der Waals surface area contributed by atoms with Gasteiger partial charge in [0.15, 0.2) is 0 Å². The van der Waals surface area contributed by atoms with Gasteiger partial charge in [-0.15, -0.1) is 22.7 Å². The van der Waals surface area contributed by atoms with E-state index in [1.54, 1.807) is 24.5 Å². The molecule has 13 nitrogen and oxygen atoms in total. The maximum atomic E-state index is 12.5. The van der Waals surface area contributed by atoms with Crippen molar-refractivity contribution in [2.45, 2.75) is 107 Å². The third-order valence-electron chi connectivity index (χ3n) is 13.3. The molecule has 0 atom stereocenters. The molecule has 3 aromatic carbocycles. The maximum absolute atomic E-state index is 12.5. The monoisotopic (exact) mass is 978 g/mol. The molecule has 2 fully saturated rings. The highest BCUT2D eigenvalue weighted by atomic mass is 32.1. The van der Waals surface area contributed by atoms with Gasteiger partial charge in [-0.2, -0.15) is 0 Å². The molecular weight excluding hydrogens is 909 g/mol. The molecule has 370 valence electrons. The van der Waals surface area contributed by atoms with Crippen molar-refractivity contribution in [3.8, 4) is 23.0 Å². The summed E-state index contributed by atoms with van der Waals surface area (Å²) >= 11 is 3.62. The first-order chi connectivity index (χ1) is 33.4. The van der Waals surface area contributed by atoms with E-state index in [-0.39, 0.29) is 59.6 Å². The van der Waals surface area contributed by atoms with E-state index in [4.69, 9.17) is 14.2 Å². The maximum Gasteiger partial charge on any atom is 0.224 e. The average Bonchev–Trinajstić information content (AvgIpc) is 4.11. The molecule has 7 rings (SSSR count). The quantitative estimate of drug-likeness (QED) is 0.0527. The van der Waals surface area contributed by atoms with Crippen molar-refractivity contribution in [1.82, 2.24) is 25.8 Å². The van der Waals surface area contributed by atoms with Gasteiger partial charge >= 0.3 is 0 Å². The number of benzene rings is 3. The number of carbonyl (C=O) groups excluding carboxylic acids is 4. The van der Waals surface area contributed by atoms with Crippen LogP contribution in [0.4, 0.5) is 5.69 Å². The molecule has 0 bridgehead atoms. The molecule has 4 amide bonds. The van der Waals surface area contributed by atoms with Crippen LogP contribution in [0.25, 0.3) is 0 Å². The fourth-order valence-electron chi connectivity index (χ4n) is 9.24. The van der Waals surface area contributed by atoms with E-state index in [0.29, 0.717) is 49.6 Å². The predicted octanol–water partition coefficient (Wildman–Crippen LogP) is 9.71. The van der Waals surface area contributed by atoms with Crippen LogP contribution in [0.3, 0.4) is 0 Å². The number of anilines is 1. The molecule has 5 aromatic rings. The SMILES string of the molecule is CN(C)C1(c2cccs2)CCC(NC(=O)CCCC(=O)Nc2cccc(Oc3ccccc3)c2)CC1.COc1ccc(OCCNC(=O)CCC(=O)NC2CCC(c3cccs3)(N(C)C)CC2)cc1. The van der Waals surface area contributed by atoms with Gasteiger partial charge in [0.25, 0.3) is 0 Å². The summed E-state index contributed by atoms with van der Waals surface area (Å²) in [6.45, 7) is 0.759. The topological polar surface area (TPSA) is 151 Å². The highest BCUT2D eigenvalue weighted by molar-refractivity contribution is 7.10. The fraction of sp³-hybridized carbons (Fsp3) is 0.444. The van der Waals surface area contributed by atoms with Gasteiger partial charge in [0.2, 0.25) is 23.6 Å². The summed E-state index contributed by atoms with van der Waals surface area (Å²) in [5, 5.41) is 16.3. The average molecular weight is 979 g/mol. The van der Waals surface area contributed by atoms with E-state index in [0.717, 1.165) is 62.9 Å². The zero-order valence-electron chi connectivity index (χ0n) is 40.8. The van der Waals surface area contributed by atoms with Gasteiger partial charge in [-0.25, -0.2) is 0 Å². The Morgan fingerprint density at radius 3 is 1.64 bits per heavy atom. The molecule has 2 saturated carbocycles. The van der Waals surface area contributed by atoms with Crippen molar-refractivity contribution in [3.63, 3.8) is 0 Å². The van der Waals surface area contributed by atoms with E-state index in [1.165, 1.54) is 9.75 Å². The highest BCUT2D eigenvalue weighted by Crippen LogP contribution is 2.44. The number of carbonyl (C=O) groups is 4. The minimum absolute atomic E-state index is 0.0273. The Bertz CT molecular complexity index is 2330. The second-order valence-electron chi connectivity index (χ2n) is 18.2. The molecule has 4 N–H and O–H groups in total. The van der Waals surface area contributed by atoms with Crippen molar-refractivity contribution >= 4 is 52.0 Å². The number of rotatable bonds is 21. The van der Waals surface area contributed by atoms with Gasteiger partial charge in [-0.1, -0.05) is 36.4 Å². The number of thiophene rings is 2. The van der Waals surface area contributed by atoms with Crippen LogP contribution in [0, 0.1) is 0 Å². The lowest BCUT2D eigenvalue weighted by atomic mass is 9.77. The Labute approximate surface area is 416 Å². The molecule has 0 spiro atoms. The minimum Gasteiger partial charge on any atom is -0.497 e. The Kier molecular flexibility index (Phi) is 20.1. The first kappa shape index (κ1) is 52.6. The second kappa shape index (κ2) is 26.3. The van der Waals surface area contributed by atoms with E-state index >= 15 is 0 Å². The lowest BCUT2D eigenvalue weighted by Gasteiger charge is -2.44. The van der Waals surface area contributed by atoms with E-state index in [9.17, 15) is 19.2 Å². The van der Waals surface area contributed by atoms with Crippen LogP contribution in [-0.2, 0) is 30.3 Å². The molecule has 69 heavy (non-hydrogen) atoms. The summed E-state index contributed by atoms with van der Waals surface area (Å²) in [5.41, 5.74) is 0.801. The van der Waals surface area contributed by atoms with Gasteiger partial charge in [0, 0.05) is 59.3 Å². The number of nitrogens with one attached hydrogen (secondary N) is 4. The molecule has 2 aliphatic rings. The zero-order valence-corrected chi connectivity index (χ0v) is 42.4. The lowest BCUT2D eigenvalue weighted by molar-refractivity contribution is -0.127. The normalized spacial score (nSPS) is 19.9. The summed E-state index contributed by atoms with van der Waals surface area (Å²) in [7, 11) is 10.2. The van der Waals surface area contributed by atoms with Gasteiger partial charge in [0.05, 0.1) is 24.7 Å². The number of hydrogen-bond donors (Lipinski definition) is 4. The minimum atomic E-state index is -0.142. The first-order valence-corrected chi connectivity index (χ1v) is 25.8. The summed E-state index contributed by atoms with van der Waals surface area (Å²) in [4.78, 5) is 56.8. The molecule has 2 aromatic heterocycles. The van der Waals surface area contributed by atoms with Gasteiger partial charge in [-0.3, -0.25) is 29.0 Å². The standard InChI is InChI=1S/C29H35N3O3S.C25H35N3O4S/c1-32(2)29(26-13-8-20-36-26)18-16-22(17-19-29)30-27(33)14-7-15-28(34)31-23-9-6-12-25(21-23)35-24-10-4-3-5-11-24;1-28(2)25(22-5-4-18-33-22)14-12-19(13-15-25)27-24(30)11-10-23(29)26-16-17-32-21-8-6-20(31-3)7-9-21/h3-6,8-13,20-22H,7,14-19H2,1-2H3,(H,30,33)(H,31,34);4-9,18-19H,10-17H2,1-3H3,(H,26,29)(H,27,30). The largest absolute Gasteiger partial charge is 0.497 e.